The smallest absolute Gasteiger partial charge is 0.273 e. The van der Waals surface area contributed by atoms with Gasteiger partial charge in [-0.25, -0.2) is 0 Å². The minimum absolute atomic E-state index is 0.156. The van der Waals surface area contributed by atoms with Crippen LogP contribution in [0.1, 0.15) is 24.5 Å². The van der Waals surface area contributed by atoms with E-state index in [-0.39, 0.29) is 18.2 Å². The average Bonchev–Trinajstić information content (AvgIpc) is 2.69. The summed E-state index contributed by atoms with van der Waals surface area (Å²) >= 11 is 12.5. The second kappa shape index (κ2) is 10.8. The van der Waals surface area contributed by atoms with Crippen molar-refractivity contribution in [2.45, 2.75) is 20.0 Å². The molecular weight excluding hydrogens is 403 g/mol. The van der Waals surface area contributed by atoms with E-state index in [1.165, 1.54) is 14.2 Å². The fraction of sp³-hybridized carbons (Fsp3) is 0.300. The van der Waals surface area contributed by atoms with Crippen LogP contribution < -0.4 is 14.8 Å². The molecule has 0 aromatic heterocycles. The molecule has 1 N–H and O–H groups in total. The van der Waals surface area contributed by atoms with Gasteiger partial charge in [0.1, 0.15) is 19.5 Å². The Labute approximate surface area is 174 Å². The molecule has 0 spiro atoms. The Balaban J connectivity index is 2.24. The van der Waals surface area contributed by atoms with E-state index in [0.717, 1.165) is 12.0 Å². The molecule has 0 aliphatic rings. The third-order valence-electron chi connectivity index (χ3n) is 3.71. The molecule has 0 bridgehead atoms. The Morgan fingerprint density at radius 2 is 1.82 bits per heavy atom. The maximum absolute atomic E-state index is 12.1. The van der Waals surface area contributed by atoms with Crippen LogP contribution in [-0.2, 0) is 16.2 Å². The van der Waals surface area contributed by atoms with Crippen LogP contribution in [0.15, 0.2) is 41.6 Å². The van der Waals surface area contributed by atoms with Crippen LogP contribution in [0.5, 0.6) is 11.5 Å². The lowest BCUT2D eigenvalue weighted by Crippen LogP contribution is -2.29. The van der Waals surface area contributed by atoms with Crippen molar-refractivity contribution in [1.82, 2.24) is 5.32 Å². The number of rotatable bonds is 9. The van der Waals surface area contributed by atoms with Crippen molar-refractivity contribution in [3.63, 3.8) is 0 Å². The molecule has 150 valence electrons. The van der Waals surface area contributed by atoms with E-state index < -0.39 is 0 Å². The summed E-state index contributed by atoms with van der Waals surface area (Å²) in [6.45, 7) is 2.70. The molecule has 6 nitrogen and oxygen atoms in total. The molecule has 28 heavy (non-hydrogen) atoms. The lowest BCUT2D eigenvalue weighted by molar-refractivity contribution is -0.114. The van der Waals surface area contributed by atoms with Crippen molar-refractivity contribution in [3.05, 3.63) is 57.6 Å². The van der Waals surface area contributed by atoms with E-state index in [1.807, 2.05) is 19.1 Å². The standard InChI is InChI=1S/C20H22Cl2N2O4/c1-4-9-27-19-16(21)10-14(11-17(19)22)28-12-13-7-5-6-8-15(13)18(24-26-3)20(25)23-2/h5-8,10-11H,4,9,12H2,1-3H3,(H,23,25). The average molecular weight is 425 g/mol. The van der Waals surface area contributed by atoms with Gasteiger partial charge in [0.15, 0.2) is 11.5 Å². The summed E-state index contributed by atoms with van der Waals surface area (Å²) in [6.07, 6.45) is 0.846. The number of nitrogens with one attached hydrogen (secondary N) is 1. The summed E-state index contributed by atoms with van der Waals surface area (Å²) < 4.78 is 11.4. The third-order valence-corrected chi connectivity index (χ3v) is 4.28. The molecule has 0 saturated carbocycles. The number of benzene rings is 2. The van der Waals surface area contributed by atoms with Crippen molar-refractivity contribution in [2.75, 3.05) is 20.8 Å². The molecule has 0 aliphatic heterocycles. The molecule has 2 aromatic rings. The predicted molar refractivity (Wildman–Crippen MR) is 111 cm³/mol. The molecular formula is C20H22Cl2N2O4. The number of carbonyl (C=O) groups is 1. The van der Waals surface area contributed by atoms with Crippen LogP contribution in [0.3, 0.4) is 0 Å². The topological polar surface area (TPSA) is 69.1 Å². The SMILES string of the molecule is CCCOc1c(Cl)cc(OCc2ccccc2C(=NOC)C(=O)NC)cc1Cl. The lowest BCUT2D eigenvalue weighted by Gasteiger charge is -2.14. The number of amides is 1. The van der Waals surface area contributed by atoms with Crippen LogP contribution in [0, 0.1) is 0 Å². The fourth-order valence-corrected chi connectivity index (χ4v) is 3.00. The molecule has 0 radical (unpaired) electrons. The summed E-state index contributed by atoms with van der Waals surface area (Å²) in [7, 11) is 2.91. The molecule has 0 saturated heterocycles. The molecule has 1 amide bonds. The van der Waals surface area contributed by atoms with E-state index in [0.29, 0.717) is 33.7 Å². The van der Waals surface area contributed by atoms with Crippen LogP contribution in [0.2, 0.25) is 10.0 Å². The van der Waals surface area contributed by atoms with E-state index in [1.54, 1.807) is 24.3 Å². The number of ether oxygens (including phenoxy) is 2. The number of carbonyl (C=O) groups excluding carboxylic acids is 1. The molecule has 0 unspecified atom stereocenters. The Morgan fingerprint density at radius 1 is 1.14 bits per heavy atom. The molecule has 8 heteroatoms. The van der Waals surface area contributed by atoms with Crippen LogP contribution in [0.25, 0.3) is 0 Å². The normalized spacial score (nSPS) is 11.1. The van der Waals surface area contributed by atoms with Gasteiger partial charge in [0, 0.05) is 24.7 Å². The molecule has 0 atom stereocenters. The van der Waals surface area contributed by atoms with Gasteiger partial charge in [-0.05, 0) is 12.0 Å². The Kier molecular flexibility index (Phi) is 8.42. The molecule has 2 rings (SSSR count). The number of hydrogen-bond donors (Lipinski definition) is 1. The Morgan fingerprint density at radius 3 is 2.43 bits per heavy atom. The highest BCUT2D eigenvalue weighted by atomic mass is 35.5. The first kappa shape index (κ1) is 21.9. The second-order valence-electron chi connectivity index (χ2n) is 5.71. The van der Waals surface area contributed by atoms with Gasteiger partial charge >= 0.3 is 0 Å². The number of nitrogens with zero attached hydrogens (tertiary/aromatic N) is 1. The zero-order valence-electron chi connectivity index (χ0n) is 15.9. The van der Waals surface area contributed by atoms with Crippen LogP contribution >= 0.6 is 23.2 Å². The zero-order chi connectivity index (χ0) is 20.5. The van der Waals surface area contributed by atoms with Crippen molar-refractivity contribution >= 4 is 34.8 Å². The highest BCUT2D eigenvalue weighted by Crippen LogP contribution is 2.37. The fourth-order valence-electron chi connectivity index (χ4n) is 2.42. The number of likely N-dealkylation sites (N-methyl/N-ethyl adjacent to an activating group) is 1. The highest BCUT2D eigenvalue weighted by molar-refractivity contribution is 6.45. The van der Waals surface area contributed by atoms with Crippen molar-refractivity contribution in [3.8, 4) is 11.5 Å². The van der Waals surface area contributed by atoms with Crippen LogP contribution in [-0.4, -0.2) is 32.4 Å². The molecule has 0 aliphatic carbocycles. The van der Waals surface area contributed by atoms with E-state index in [9.17, 15) is 4.79 Å². The predicted octanol–water partition coefficient (Wildman–Crippen LogP) is 4.46. The van der Waals surface area contributed by atoms with E-state index >= 15 is 0 Å². The highest BCUT2D eigenvalue weighted by Gasteiger charge is 2.18. The van der Waals surface area contributed by atoms with Gasteiger partial charge in [0.2, 0.25) is 0 Å². The largest absolute Gasteiger partial charge is 0.490 e. The van der Waals surface area contributed by atoms with Gasteiger partial charge in [-0.3, -0.25) is 4.79 Å². The zero-order valence-corrected chi connectivity index (χ0v) is 17.4. The number of halogens is 2. The monoisotopic (exact) mass is 424 g/mol. The summed E-state index contributed by atoms with van der Waals surface area (Å²) in [6, 6.07) is 10.5. The summed E-state index contributed by atoms with van der Waals surface area (Å²) in [5.41, 5.74) is 1.51. The minimum atomic E-state index is -0.363. The van der Waals surface area contributed by atoms with Gasteiger partial charge in [0.05, 0.1) is 16.7 Å². The Bertz CT molecular complexity index is 833. The molecule has 0 heterocycles. The maximum Gasteiger partial charge on any atom is 0.273 e. The lowest BCUT2D eigenvalue weighted by atomic mass is 10.0. The van der Waals surface area contributed by atoms with Crippen molar-refractivity contribution in [2.24, 2.45) is 5.16 Å². The van der Waals surface area contributed by atoms with Gasteiger partial charge < -0.3 is 19.6 Å². The first-order valence-electron chi connectivity index (χ1n) is 8.67. The number of hydrogen-bond acceptors (Lipinski definition) is 5. The van der Waals surface area contributed by atoms with E-state index in [4.69, 9.17) is 37.5 Å². The van der Waals surface area contributed by atoms with Gasteiger partial charge in [-0.2, -0.15) is 0 Å². The first-order valence-corrected chi connectivity index (χ1v) is 9.43. The quantitative estimate of drug-likeness (QED) is 0.476. The van der Waals surface area contributed by atoms with Gasteiger partial charge in [0.25, 0.3) is 5.91 Å². The maximum atomic E-state index is 12.1. The van der Waals surface area contributed by atoms with Gasteiger partial charge in [-0.1, -0.05) is 59.5 Å². The van der Waals surface area contributed by atoms with Gasteiger partial charge in [-0.15, -0.1) is 0 Å². The number of oxime groups is 1. The third kappa shape index (κ3) is 5.53. The first-order chi connectivity index (χ1) is 13.5. The van der Waals surface area contributed by atoms with E-state index in [2.05, 4.69) is 10.5 Å². The second-order valence-corrected chi connectivity index (χ2v) is 6.53. The van der Waals surface area contributed by atoms with Crippen LogP contribution in [0.4, 0.5) is 0 Å². The Hall–Kier alpha value is -2.44. The summed E-state index contributed by atoms with van der Waals surface area (Å²) in [5.74, 6) is 0.559. The molecule has 0 fully saturated rings. The summed E-state index contributed by atoms with van der Waals surface area (Å²) in [5, 5.41) is 7.13. The van der Waals surface area contributed by atoms with Crippen molar-refractivity contribution in [1.29, 1.82) is 0 Å². The minimum Gasteiger partial charge on any atom is -0.490 e. The molecule has 2 aromatic carbocycles. The summed E-state index contributed by atoms with van der Waals surface area (Å²) in [4.78, 5) is 16.9. The van der Waals surface area contributed by atoms with Crippen molar-refractivity contribution < 1.29 is 19.1 Å².